The number of carbonyl (C=O) groups is 2. The van der Waals surface area contributed by atoms with Crippen LogP contribution < -0.4 is 14.5 Å². The van der Waals surface area contributed by atoms with Gasteiger partial charge in [-0.25, -0.2) is 0 Å². The summed E-state index contributed by atoms with van der Waals surface area (Å²) < 4.78 is 47.1. The van der Waals surface area contributed by atoms with E-state index in [4.69, 9.17) is 27.1 Å². The second-order valence-corrected chi connectivity index (χ2v) is 12.0. The molecule has 2 aliphatic heterocycles. The number of halogens is 7. The first-order chi connectivity index (χ1) is 20.8. The quantitative estimate of drug-likeness (QED) is 0.262. The van der Waals surface area contributed by atoms with Crippen molar-refractivity contribution in [2.45, 2.75) is 51.7 Å². The largest absolute Gasteiger partial charge is 0.492 e. The van der Waals surface area contributed by atoms with Crippen LogP contribution in [-0.4, -0.2) is 71.8 Å². The summed E-state index contributed by atoms with van der Waals surface area (Å²) in [6, 6.07) is 10.2. The van der Waals surface area contributed by atoms with Gasteiger partial charge in [0.15, 0.2) is 5.11 Å². The highest BCUT2D eigenvalue weighted by atomic mass is 35.5. The third-order valence-electron chi connectivity index (χ3n) is 8.16. The van der Waals surface area contributed by atoms with Gasteiger partial charge >= 0.3 is 12.1 Å². The predicted molar refractivity (Wildman–Crippen MR) is 190 cm³/mol. The summed E-state index contributed by atoms with van der Waals surface area (Å²) in [5, 5.41) is 10.9. The van der Waals surface area contributed by atoms with Crippen molar-refractivity contribution in [1.82, 2.24) is 9.96 Å². The molecule has 0 N–H and O–H groups in total. The van der Waals surface area contributed by atoms with Crippen LogP contribution in [0.1, 0.15) is 50.3 Å². The Bertz CT molecular complexity index is 1520. The first-order valence-electron chi connectivity index (χ1n) is 14.6. The lowest BCUT2D eigenvalue weighted by molar-refractivity contribution is -0.199. The Morgan fingerprint density at radius 2 is 1.65 bits per heavy atom. The second kappa shape index (κ2) is 17.4. The molecule has 3 aliphatic rings. The number of rotatable bonds is 9. The van der Waals surface area contributed by atoms with Gasteiger partial charge in [0.05, 0.1) is 28.8 Å². The number of aryl methyl sites for hydroxylation is 1. The monoisotopic (exact) mass is 773 g/mol. The highest BCUT2D eigenvalue weighted by Crippen LogP contribution is 2.40. The molecule has 0 aromatic heterocycles. The first-order valence-corrected chi connectivity index (χ1v) is 15.0. The number of piperazine rings is 1. The minimum Gasteiger partial charge on any atom is -0.492 e. The Kier molecular flexibility index (Phi) is 15.7. The Hall–Kier alpha value is -2.57. The second-order valence-electron chi connectivity index (χ2n) is 11.6. The number of anilines is 2. The van der Waals surface area contributed by atoms with Crippen molar-refractivity contribution in [3.8, 4) is 11.8 Å². The Labute approximate surface area is 308 Å². The van der Waals surface area contributed by atoms with E-state index in [-0.39, 0.29) is 72.3 Å². The van der Waals surface area contributed by atoms with Crippen LogP contribution in [0.4, 0.5) is 24.5 Å². The molecule has 0 radical (unpaired) electrons. The Morgan fingerprint density at radius 3 is 2.21 bits per heavy atom. The molecule has 1 saturated carbocycles. The molecule has 9 nitrogen and oxygen atoms in total. The van der Waals surface area contributed by atoms with Gasteiger partial charge in [0.2, 0.25) is 0 Å². The van der Waals surface area contributed by atoms with Crippen LogP contribution in [0.25, 0.3) is 0 Å². The number of nitrogens with zero attached hydrogens (tertiary/aromatic N) is 5. The van der Waals surface area contributed by atoms with E-state index >= 15 is 0 Å². The smallest absolute Gasteiger partial charge is 0.417 e. The van der Waals surface area contributed by atoms with Crippen LogP contribution in [0.5, 0.6) is 5.75 Å². The molecule has 2 heterocycles. The predicted octanol–water partition coefficient (Wildman–Crippen LogP) is 6.61. The molecular weight excluding hydrogens is 737 g/mol. The van der Waals surface area contributed by atoms with E-state index in [1.807, 2.05) is 19.1 Å². The molecule has 48 heavy (non-hydrogen) atoms. The number of hydroxylamine groups is 2. The molecule has 2 aromatic rings. The normalized spacial score (nSPS) is 17.7. The lowest BCUT2D eigenvalue weighted by Gasteiger charge is -2.33. The molecule has 5 rings (SSSR count). The van der Waals surface area contributed by atoms with Crippen molar-refractivity contribution in [1.29, 1.82) is 5.26 Å². The van der Waals surface area contributed by atoms with E-state index in [0.717, 1.165) is 48.5 Å². The maximum atomic E-state index is 13.7. The van der Waals surface area contributed by atoms with Crippen molar-refractivity contribution in [2.24, 2.45) is 5.92 Å². The molecule has 1 amide bonds. The number of thiocarbonyl (C=S) groups is 1. The number of carbonyl (C=O) groups excluding carboxylic acids is 2. The van der Waals surface area contributed by atoms with Gasteiger partial charge in [-0.15, -0.1) is 54.7 Å². The molecule has 2 aromatic carbocycles. The zero-order chi connectivity index (χ0) is 31.8. The molecule has 0 unspecified atom stereocenters. The van der Waals surface area contributed by atoms with Gasteiger partial charge in [0.25, 0.3) is 5.91 Å². The lowest BCUT2D eigenvalue weighted by atomic mass is 10.0. The zero-order valence-corrected chi connectivity index (χ0v) is 30.5. The van der Waals surface area contributed by atoms with Crippen LogP contribution in [0.15, 0.2) is 36.4 Å². The van der Waals surface area contributed by atoms with Crippen LogP contribution in [0, 0.1) is 17.2 Å². The third-order valence-corrected chi connectivity index (χ3v) is 8.53. The Balaban J connectivity index is 0.00000288. The van der Waals surface area contributed by atoms with E-state index < -0.39 is 28.7 Å². The number of alkyl halides is 3. The molecule has 3 fully saturated rings. The molecule has 0 bridgehead atoms. The summed E-state index contributed by atoms with van der Waals surface area (Å²) in [5.41, 5.74) is -1.40. The van der Waals surface area contributed by atoms with E-state index in [2.05, 4.69) is 4.90 Å². The molecule has 2 saturated heterocycles. The van der Waals surface area contributed by atoms with Gasteiger partial charge in [-0.1, -0.05) is 6.92 Å². The topological polar surface area (TPSA) is 89.4 Å². The standard InChI is InChI=1S/C31H34F3N5O4S.4ClH/c1-4-20-17-24(9-10-26(20)42-16-15-36-11-13-37(14-12-36)43-27(40)21-5-6-21)39-29(44)38(28(41)30(39,2)3)23-8-7-22(19-35)25(18-23)31(32,33)34;;;;/h7-10,17-18,21H,4-6,11-16H2,1-3H3;4*1H. The fourth-order valence-corrected chi connectivity index (χ4v) is 5.95. The van der Waals surface area contributed by atoms with Gasteiger partial charge in [0, 0.05) is 38.4 Å². The summed E-state index contributed by atoms with van der Waals surface area (Å²) >= 11 is 5.67. The van der Waals surface area contributed by atoms with Gasteiger partial charge in [-0.3, -0.25) is 19.4 Å². The summed E-state index contributed by atoms with van der Waals surface area (Å²) in [6.07, 6.45) is -2.30. The zero-order valence-electron chi connectivity index (χ0n) is 26.4. The fraction of sp³-hybridized carbons (Fsp3) is 0.484. The molecule has 266 valence electrons. The fourth-order valence-electron chi connectivity index (χ4n) is 5.43. The van der Waals surface area contributed by atoms with E-state index in [0.29, 0.717) is 44.1 Å². The minimum atomic E-state index is -4.77. The number of ether oxygens (including phenoxy) is 1. The van der Waals surface area contributed by atoms with E-state index in [1.54, 1.807) is 35.9 Å². The lowest BCUT2D eigenvalue weighted by Crippen LogP contribution is -2.48. The number of nitriles is 1. The maximum Gasteiger partial charge on any atom is 0.417 e. The Morgan fingerprint density at radius 1 is 1.02 bits per heavy atom. The molecule has 0 spiro atoms. The third kappa shape index (κ3) is 9.15. The van der Waals surface area contributed by atoms with Crippen LogP contribution in [-0.2, 0) is 27.0 Å². The minimum absolute atomic E-state index is 0. The number of hydrogen-bond acceptors (Lipinski definition) is 8. The molecular formula is C31H38Cl4F3N5O4S. The summed E-state index contributed by atoms with van der Waals surface area (Å²) in [5.74, 6) is 0.154. The summed E-state index contributed by atoms with van der Waals surface area (Å²) in [6.45, 7) is 9.28. The number of hydrogen-bond donors (Lipinski definition) is 0. The van der Waals surface area contributed by atoms with Crippen molar-refractivity contribution < 1.29 is 32.3 Å². The van der Waals surface area contributed by atoms with Gasteiger partial charge in [-0.05, 0) is 87.3 Å². The number of amides is 1. The van der Waals surface area contributed by atoms with Crippen molar-refractivity contribution in [3.63, 3.8) is 0 Å². The first kappa shape index (κ1) is 43.5. The van der Waals surface area contributed by atoms with Crippen molar-refractivity contribution in [3.05, 3.63) is 53.1 Å². The molecule has 1 aliphatic carbocycles. The van der Waals surface area contributed by atoms with Crippen LogP contribution in [0.3, 0.4) is 0 Å². The van der Waals surface area contributed by atoms with Crippen LogP contribution in [0.2, 0.25) is 0 Å². The summed E-state index contributed by atoms with van der Waals surface area (Å²) in [7, 11) is 0. The highest BCUT2D eigenvalue weighted by molar-refractivity contribution is 7.81. The van der Waals surface area contributed by atoms with Gasteiger partial charge in [-0.2, -0.15) is 18.4 Å². The SMILES string of the molecule is CCc1cc(N2C(=S)N(c3ccc(C#N)c(C(F)(F)F)c3)C(=O)C2(C)C)ccc1OCCN1CCN(OC(=O)C2CC2)CC1.Cl.Cl.Cl.Cl. The molecule has 17 heteroatoms. The summed E-state index contributed by atoms with van der Waals surface area (Å²) in [4.78, 5) is 35.9. The van der Waals surface area contributed by atoms with Crippen LogP contribution >= 0.6 is 61.8 Å². The highest BCUT2D eigenvalue weighted by Gasteiger charge is 2.51. The van der Waals surface area contributed by atoms with E-state index in [9.17, 15) is 22.8 Å². The van der Waals surface area contributed by atoms with Gasteiger partial charge in [0.1, 0.15) is 17.9 Å². The molecule has 0 atom stereocenters. The van der Waals surface area contributed by atoms with Crippen molar-refractivity contribution >= 4 is 90.2 Å². The van der Waals surface area contributed by atoms with Gasteiger partial charge < -0.3 is 14.5 Å². The van der Waals surface area contributed by atoms with E-state index in [1.165, 1.54) is 6.07 Å². The average Bonchev–Trinajstić information content (AvgIpc) is 3.82. The maximum absolute atomic E-state index is 13.7. The average molecular weight is 776 g/mol. The number of benzene rings is 2. The van der Waals surface area contributed by atoms with Crippen molar-refractivity contribution in [2.75, 3.05) is 49.1 Å².